The largest absolute Gasteiger partial charge is 0.488 e. The smallest absolute Gasteiger partial charge is 0.423 e. The Bertz CT molecular complexity index is 1840. The summed E-state index contributed by atoms with van der Waals surface area (Å²) in [5, 5.41) is 37.4. The number of amides is 1. The van der Waals surface area contributed by atoms with Crippen molar-refractivity contribution in [1.29, 1.82) is 0 Å². The van der Waals surface area contributed by atoms with Crippen molar-refractivity contribution in [2.45, 2.75) is 64.0 Å². The summed E-state index contributed by atoms with van der Waals surface area (Å²) in [6, 6.07) is 16.6. The Morgan fingerprint density at radius 3 is 1.96 bits per heavy atom. The average molecular weight is 732 g/mol. The van der Waals surface area contributed by atoms with E-state index >= 15 is 0 Å². The van der Waals surface area contributed by atoms with E-state index in [0.717, 1.165) is 11.1 Å². The molecule has 0 bridgehead atoms. The van der Waals surface area contributed by atoms with E-state index in [0.29, 0.717) is 47.5 Å². The minimum atomic E-state index is -5.06. The van der Waals surface area contributed by atoms with E-state index in [1.54, 1.807) is 29.2 Å². The highest BCUT2D eigenvalue weighted by Crippen LogP contribution is 2.41. The summed E-state index contributed by atoms with van der Waals surface area (Å²) in [5.74, 6) is -0.329. The molecular formula is C37H40BF6N3O5. The van der Waals surface area contributed by atoms with Crippen LogP contribution in [-0.2, 0) is 22.6 Å². The van der Waals surface area contributed by atoms with Gasteiger partial charge in [-0.25, -0.2) is 4.98 Å². The van der Waals surface area contributed by atoms with Crippen LogP contribution < -0.4 is 15.3 Å². The van der Waals surface area contributed by atoms with E-state index < -0.39 is 59.6 Å². The minimum Gasteiger partial charge on any atom is -0.423 e. The van der Waals surface area contributed by atoms with Crippen LogP contribution in [0, 0.1) is 13.8 Å². The number of carbonyl (C=O) groups is 1. The molecule has 1 aliphatic rings. The van der Waals surface area contributed by atoms with Gasteiger partial charge in [0.2, 0.25) is 5.91 Å². The predicted octanol–water partition coefficient (Wildman–Crippen LogP) is 5.64. The maximum atomic E-state index is 13.9. The molecule has 1 amide bonds. The predicted molar refractivity (Wildman–Crippen MR) is 187 cm³/mol. The number of anilines is 2. The number of halogens is 6. The molecule has 1 saturated heterocycles. The van der Waals surface area contributed by atoms with Gasteiger partial charge in [0.25, 0.3) is 0 Å². The normalized spacial score (nSPS) is 16.3. The number of hydrogen-bond donors (Lipinski definition) is 4. The fraction of sp³-hybridized carbons (Fsp3) is 0.351. The lowest BCUT2D eigenvalue weighted by Gasteiger charge is -2.32. The highest BCUT2D eigenvalue weighted by Gasteiger charge is 2.41. The van der Waals surface area contributed by atoms with Crippen LogP contribution in [0.2, 0.25) is 0 Å². The number of benzene rings is 3. The molecular weight excluding hydrogens is 691 g/mol. The van der Waals surface area contributed by atoms with Crippen LogP contribution in [0.4, 0.5) is 37.8 Å². The van der Waals surface area contributed by atoms with Gasteiger partial charge in [0, 0.05) is 19.2 Å². The molecule has 8 nitrogen and oxygen atoms in total. The Balaban J connectivity index is 0.000000521. The van der Waals surface area contributed by atoms with E-state index in [-0.39, 0.29) is 18.4 Å². The number of likely N-dealkylation sites (N-methyl/N-ethyl adjacent to an activating group) is 1. The van der Waals surface area contributed by atoms with Gasteiger partial charge in [-0.1, -0.05) is 54.1 Å². The molecule has 1 aromatic heterocycles. The maximum absolute atomic E-state index is 13.9. The monoisotopic (exact) mass is 731 g/mol. The van der Waals surface area contributed by atoms with Gasteiger partial charge < -0.3 is 30.1 Å². The third-order valence-electron chi connectivity index (χ3n) is 9.18. The molecule has 1 aliphatic heterocycles. The quantitative estimate of drug-likeness (QED) is 0.144. The zero-order chi connectivity index (χ0) is 38.8. The number of aliphatic hydroxyl groups excluding tert-OH is 2. The standard InChI is InChI=1S/C30H31F6N3O3.C7H9BO2/c1-17-7-5-6-8-21(17)22-14-26(39-10-9-25(41)24(39)16-40)37-15-23(22)38(4)27(42)28(2,3)18-11-19(29(31,32)33)13-20(12-18)30(34,35)36;1-6-2-4-7(5-3-6)8(9)10/h5-8,11-15,24-25,40-41H,9-10,16H2,1-4H3;2-5,9-10H,1H3/t24-,25+;/m1./s1. The third-order valence-corrected chi connectivity index (χ3v) is 9.18. The Kier molecular flexibility index (Phi) is 12.1. The lowest BCUT2D eigenvalue weighted by Crippen LogP contribution is -2.42. The number of aromatic nitrogens is 1. The third kappa shape index (κ3) is 8.95. The number of alkyl halides is 6. The number of rotatable bonds is 7. The van der Waals surface area contributed by atoms with Gasteiger partial charge >= 0.3 is 19.5 Å². The lowest BCUT2D eigenvalue weighted by atomic mass is 9.80. The Labute approximate surface area is 298 Å². The zero-order valence-electron chi connectivity index (χ0n) is 29.2. The van der Waals surface area contributed by atoms with Crippen molar-refractivity contribution >= 4 is 30.0 Å². The number of nitrogens with zero attached hydrogens (tertiary/aromatic N) is 3. The summed E-state index contributed by atoms with van der Waals surface area (Å²) in [7, 11) is 0.0392. The van der Waals surface area contributed by atoms with E-state index in [9.17, 15) is 41.4 Å². The van der Waals surface area contributed by atoms with Crippen LogP contribution in [0.25, 0.3) is 11.1 Å². The van der Waals surface area contributed by atoms with E-state index in [1.165, 1.54) is 32.0 Å². The molecule has 0 spiro atoms. The van der Waals surface area contributed by atoms with Crippen molar-refractivity contribution in [3.8, 4) is 11.1 Å². The number of pyridine rings is 1. The number of aryl methyl sites for hydroxylation is 2. The zero-order valence-corrected chi connectivity index (χ0v) is 29.2. The van der Waals surface area contributed by atoms with Crippen molar-refractivity contribution in [2.75, 3.05) is 30.0 Å². The van der Waals surface area contributed by atoms with Gasteiger partial charge in [-0.05, 0) is 80.5 Å². The average Bonchev–Trinajstić information content (AvgIpc) is 3.47. The second kappa shape index (κ2) is 15.7. The minimum absolute atomic E-state index is 0.0294. The fourth-order valence-corrected chi connectivity index (χ4v) is 6.00. The van der Waals surface area contributed by atoms with Crippen LogP contribution in [0.1, 0.15) is 48.1 Å². The first-order valence-corrected chi connectivity index (χ1v) is 16.3. The first-order chi connectivity index (χ1) is 24.2. The molecule has 0 radical (unpaired) electrons. The van der Waals surface area contributed by atoms with Gasteiger partial charge in [0.1, 0.15) is 5.82 Å². The molecule has 0 aliphatic carbocycles. The number of carbonyl (C=O) groups excluding carboxylic acids is 1. The molecule has 278 valence electrons. The van der Waals surface area contributed by atoms with Crippen LogP contribution in [0.3, 0.4) is 0 Å². The molecule has 1 fully saturated rings. The maximum Gasteiger partial charge on any atom is 0.488 e. The second-order valence-corrected chi connectivity index (χ2v) is 13.2. The van der Waals surface area contributed by atoms with Crippen molar-refractivity contribution in [1.82, 2.24) is 4.98 Å². The van der Waals surface area contributed by atoms with Crippen LogP contribution in [0.5, 0.6) is 0 Å². The van der Waals surface area contributed by atoms with E-state index in [4.69, 9.17) is 10.0 Å². The molecule has 0 saturated carbocycles. The second-order valence-electron chi connectivity index (χ2n) is 13.2. The van der Waals surface area contributed by atoms with Crippen molar-refractivity contribution in [3.63, 3.8) is 0 Å². The summed E-state index contributed by atoms with van der Waals surface area (Å²) in [4.78, 5) is 21.3. The molecule has 4 aromatic rings. The van der Waals surface area contributed by atoms with Gasteiger partial charge in [-0.2, -0.15) is 26.3 Å². The Morgan fingerprint density at radius 1 is 0.885 bits per heavy atom. The van der Waals surface area contributed by atoms with Crippen LogP contribution >= 0.6 is 0 Å². The molecule has 0 unspecified atom stereocenters. The number of hydrogen-bond acceptors (Lipinski definition) is 7. The summed E-state index contributed by atoms with van der Waals surface area (Å²) in [6.45, 7) is 6.46. The van der Waals surface area contributed by atoms with Crippen molar-refractivity contribution < 1.29 is 51.4 Å². The molecule has 2 atom stereocenters. The van der Waals surface area contributed by atoms with E-state index in [1.807, 2.05) is 44.2 Å². The summed E-state index contributed by atoms with van der Waals surface area (Å²) >= 11 is 0. The molecule has 5 rings (SSSR count). The van der Waals surface area contributed by atoms with Crippen molar-refractivity contribution in [3.05, 3.63) is 107 Å². The molecule has 2 heterocycles. The molecule has 52 heavy (non-hydrogen) atoms. The highest BCUT2D eigenvalue weighted by atomic mass is 19.4. The van der Waals surface area contributed by atoms with Gasteiger partial charge in [-0.3, -0.25) is 4.79 Å². The first kappa shape index (κ1) is 40.3. The van der Waals surface area contributed by atoms with Gasteiger partial charge in [-0.15, -0.1) is 0 Å². The molecule has 4 N–H and O–H groups in total. The van der Waals surface area contributed by atoms with Crippen molar-refractivity contribution in [2.24, 2.45) is 0 Å². The Hall–Kier alpha value is -4.44. The summed E-state index contributed by atoms with van der Waals surface area (Å²) in [5.41, 5.74) is -1.26. The topological polar surface area (TPSA) is 117 Å². The Morgan fingerprint density at radius 2 is 1.44 bits per heavy atom. The molecule has 15 heteroatoms. The van der Waals surface area contributed by atoms with Gasteiger partial charge in [0.05, 0.1) is 47.2 Å². The van der Waals surface area contributed by atoms with Crippen LogP contribution in [0.15, 0.2) is 79.0 Å². The van der Waals surface area contributed by atoms with Crippen LogP contribution in [-0.4, -0.2) is 70.6 Å². The fourth-order valence-electron chi connectivity index (χ4n) is 6.00. The first-order valence-electron chi connectivity index (χ1n) is 16.3. The van der Waals surface area contributed by atoms with Gasteiger partial charge in [0.15, 0.2) is 0 Å². The number of aliphatic hydroxyl groups is 2. The SMILES string of the molecule is Cc1ccc(B(O)O)cc1.Cc1ccccc1-c1cc(N2CC[C@H](O)[C@H]2CO)ncc1N(C)C(=O)C(C)(C)c1cc(C(F)(F)F)cc(C(F)(F)F)c1. The highest BCUT2D eigenvalue weighted by molar-refractivity contribution is 6.58. The molecule has 3 aromatic carbocycles. The summed E-state index contributed by atoms with van der Waals surface area (Å²) < 4.78 is 81.4. The summed E-state index contributed by atoms with van der Waals surface area (Å²) in [6.07, 6.45) is -9.07. The lowest BCUT2D eigenvalue weighted by molar-refractivity contribution is -0.143. The van der Waals surface area contributed by atoms with E-state index in [2.05, 4.69) is 4.98 Å².